The number of hydrogen-bond donors (Lipinski definition) is 1. The van der Waals surface area contributed by atoms with Crippen LogP contribution in [-0.2, 0) is 9.59 Å². The van der Waals surface area contributed by atoms with Crippen molar-refractivity contribution in [3.05, 3.63) is 80.3 Å². The van der Waals surface area contributed by atoms with Gasteiger partial charge in [0.05, 0.1) is 12.1 Å². The molecule has 4 heterocycles. The summed E-state index contributed by atoms with van der Waals surface area (Å²) in [6, 6.07) is 13.7. The quantitative estimate of drug-likeness (QED) is 0.393. The second kappa shape index (κ2) is 11.6. The number of hydrogen-bond acceptors (Lipinski definition) is 6. The molecular weight excluding hydrogens is 620 g/mol. The summed E-state index contributed by atoms with van der Waals surface area (Å²) in [5.74, 6) is -0.365. The number of aliphatic imine (C=N–C) groups is 1. The number of alkyl halides is 1. The molecule has 11 heteroatoms. The van der Waals surface area contributed by atoms with Crippen LogP contribution >= 0.6 is 35.0 Å². The molecule has 2 aromatic carbocycles. The number of nitrogens with zero attached hydrogens (tertiary/aromatic N) is 4. The van der Waals surface area contributed by atoms with E-state index in [0.29, 0.717) is 40.9 Å². The highest BCUT2D eigenvalue weighted by Crippen LogP contribution is 2.54. The first kappa shape index (κ1) is 30.1. The number of carbonyl (C=O) groups is 2. The summed E-state index contributed by atoms with van der Waals surface area (Å²) in [6.07, 6.45) is 3.06. The van der Waals surface area contributed by atoms with Crippen LogP contribution in [-0.4, -0.2) is 75.6 Å². The molecular formula is C33H36Cl2FN5O2S. The van der Waals surface area contributed by atoms with Crippen LogP contribution in [0.15, 0.2) is 64.1 Å². The van der Waals surface area contributed by atoms with Gasteiger partial charge in [-0.15, -0.1) is 0 Å². The van der Waals surface area contributed by atoms with E-state index in [9.17, 15) is 14.0 Å². The number of amides is 2. The first-order valence-electron chi connectivity index (χ1n) is 15.4. The lowest BCUT2D eigenvalue weighted by Gasteiger charge is -2.38. The number of piperazine rings is 1. The summed E-state index contributed by atoms with van der Waals surface area (Å²) in [7, 11) is 0. The standard InChI is InChI=1S/C33H36Cl2FN5O2S/c1-19(2)27-29(31(43)40-24(17-36)11-12-25(40)30(42)39-16-15-37-33(18-39)13-14-33)44-32-38-26(20-3-7-22(34)8-4-20)28(41(27)32)21-5-9-23(35)10-6-21/h3-10,19,24-26,28,37H,11-18H2,1-2H3/t24-,25-,26-,28+/m0/s1. The van der Waals surface area contributed by atoms with Gasteiger partial charge >= 0.3 is 0 Å². The molecule has 0 unspecified atom stereocenters. The average molecular weight is 657 g/mol. The summed E-state index contributed by atoms with van der Waals surface area (Å²) < 4.78 is 14.5. The topological polar surface area (TPSA) is 68.2 Å². The maximum absolute atomic E-state index is 14.6. The van der Waals surface area contributed by atoms with Gasteiger partial charge in [-0.1, -0.05) is 61.3 Å². The van der Waals surface area contributed by atoms with Crippen LogP contribution in [0.4, 0.5) is 4.39 Å². The first-order valence-corrected chi connectivity index (χ1v) is 17.0. The highest BCUT2D eigenvalue weighted by atomic mass is 35.5. The molecule has 44 heavy (non-hydrogen) atoms. The van der Waals surface area contributed by atoms with Gasteiger partial charge in [-0.2, -0.15) is 0 Å². The number of carbonyl (C=O) groups excluding carboxylic acids is 2. The Morgan fingerprint density at radius 2 is 1.70 bits per heavy atom. The van der Waals surface area contributed by atoms with Crippen LogP contribution in [0.2, 0.25) is 10.0 Å². The van der Waals surface area contributed by atoms with E-state index in [2.05, 4.69) is 24.1 Å². The van der Waals surface area contributed by atoms with E-state index in [4.69, 9.17) is 28.2 Å². The largest absolute Gasteiger partial charge is 0.338 e. The van der Waals surface area contributed by atoms with Crippen molar-refractivity contribution in [3.8, 4) is 0 Å². The molecule has 1 spiro atoms. The van der Waals surface area contributed by atoms with Gasteiger partial charge in [0.2, 0.25) is 5.91 Å². The summed E-state index contributed by atoms with van der Waals surface area (Å²) in [6.45, 7) is 5.46. The van der Waals surface area contributed by atoms with Crippen molar-refractivity contribution in [2.45, 2.75) is 69.2 Å². The second-order valence-electron chi connectivity index (χ2n) is 12.8. The van der Waals surface area contributed by atoms with Crippen molar-refractivity contribution in [2.24, 2.45) is 10.9 Å². The van der Waals surface area contributed by atoms with Crippen LogP contribution in [0, 0.1) is 5.92 Å². The molecule has 7 nitrogen and oxygen atoms in total. The molecule has 0 bridgehead atoms. The maximum atomic E-state index is 14.6. The minimum atomic E-state index is -0.674. The Bertz CT molecular complexity index is 1530. The van der Waals surface area contributed by atoms with Crippen molar-refractivity contribution in [1.82, 2.24) is 20.0 Å². The van der Waals surface area contributed by atoms with Gasteiger partial charge in [0.25, 0.3) is 5.91 Å². The zero-order valence-corrected chi connectivity index (χ0v) is 27.1. The van der Waals surface area contributed by atoms with E-state index < -0.39 is 18.8 Å². The van der Waals surface area contributed by atoms with Crippen LogP contribution < -0.4 is 5.32 Å². The average Bonchev–Trinajstić information content (AvgIpc) is 3.35. The van der Waals surface area contributed by atoms with E-state index in [-0.39, 0.29) is 35.4 Å². The van der Waals surface area contributed by atoms with Gasteiger partial charge in [0, 0.05) is 40.9 Å². The van der Waals surface area contributed by atoms with Crippen LogP contribution in [0.25, 0.3) is 0 Å². The lowest BCUT2D eigenvalue weighted by molar-refractivity contribution is -0.144. The van der Waals surface area contributed by atoms with Gasteiger partial charge in [0.1, 0.15) is 23.7 Å². The van der Waals surface area contributed by atoms with Crippen molar-refractivity contribution >= 4 is 51.9 Å². The van der Waals surface area contributed by atoms with Gasteiger partial charge in [-0.25, -0.2) is 4.39 Å². The predicted molar refractivity (Wildman–Crippen MR) is 173 cm³/mol. The molecule has 0 radical (unpaired) electrons. The van der Waals surface area contributed by atoms with Crippen molar-refractivity contribution < 1.29 is 14.0 Å². The van der Waals surface area contributed by atoms with E-state index in [1.807, 2.05) is 53.4 Å². The van der Waals surface area contributed by atoms with E-state index in [1.54, 1.807) is 4.90 Å². The predicted octanol–water partition coefficient (Wildman–Crippen LogP) is 6.36. The maximum Gasteiger partial charge on any atom is 0.263 e. The number of amidine groups is 1. The number of allylic oxidation sites excluding steroid dienone is 1. The smallest absolute Gasteiger partial charge is 0.263 e. The minimum absolute atomic E-state index is 0.0235. The third-order valence-electron chi connectivity index (χ3n) is 9.62. The second-order valence-corrected chi connectivity index (χ2v) is 14.7. The molecule has 2 amide bonds. The first-order chi connectivity index (χ1) is 21.2. The molecule has 4 aliphatic heterocycles. The monoisotopic (exact) mass is 655 g/mol. The third kappa shape index (κ3) is 5.23. The number of benzene rings is 2. The van der Waals surface area contributed by atoms with E-state index in [1.165, 1.54) is 11.8 Å². The molecule has 0 aromatic heterocycles. The molecule has 7 rings (SSSR count). The Hall–Kier alpha value is -2.59. The van der Waals surface area contributed by atoms with Crippen molar-refractivity contribution in [3.63, 3.8) is 0 Å². The van der Waals surface area contributed by atoms with Gasteiger partial charge in [-0.05, 0) is 78.8 Å². The fourth-order valence-corrected chi connectivity index (χ4v) is 8.78. The Morgan fingerprint density at radius 1 is 1.05 bits per heavy atom. The molecule has 1 N–H and O–H groups in total. The zero-order chi connectivity index (χ0) is 30.7. The normalized spacial score (nSPS) is 27.4. The minimum Gasteiger partial charge on any atom is -0.338 e. The van der Waals surface area contributed by atoms with Crippen LogP contribution in [0.5, 0.6) is 0 Å². The lowest BCUT2D eigenvalue weighted by Crippen LogP contribution is -2.58. The number of nitrogens with one attached hydrogen (secondary N) is 1. The molecule has 2 aromatic rings. The Kier molecular flexibility index (Phi) is 7.96. The third-order valence-corrected chi connectivity index (χ3v) is 11.2. The molecule has 232 valence electrons. The number of rotatable bonds is 6. The molecule has 1 aliphatic carbocycles. The highest BCUT2D eigenvalue weighted by Gasteiger charge is 2.52. The summed E-state index contributed by atoms with van der Waals surface area (Å²) >= 11 is 13.8. The van der Waals surface area contributed by atoms with Gasteiger partial charge in [0.15, 0.2) is 5.17 Å². The Balaban J connectivity index is 1.24. The van der Waals surface area contributed by atoms with Gasteiger partial charge in [-0.3, -0.25) is 14.6 Å². The fourth-order valence-electron chi connectivity index (χ4n) is 7.24. The number of thioether (sulfide) groups is 1. The van der Waals surface area contributed by atoms with Crippen molar-refractivity contribution in [1.29, 1.82) is 0 Å². The Morgan fingerprint density at radius 3 is 2.32 bits per heavy atom. The van der Waals surface area contributed by atoms with Crippen molar-refractivity contribution in [2.75, 3.05) is 26.3 Å². The summed E-state index contributed by atoms with van der Waals surface area (Å²) in [5, 5.41) is 5.57. The highest BCUT2D eigenvalue weighted by molar-refractivity contribution is 8.18. The number of likely N-dealkylation sites (tertiary alicyclic amines) is 1. The summed E-state index contributed by atoms with van der Waals surface area (Å²) in [4.78, 5) is 39.8. The van der Waals surface area contributed by atoms with Gasteiger partial charge < -0.3 is 20.0 Å². The number of halogens is 3. The Labute approximate surface area is 271 Å². The fraction of sp³-hybridized carbons (Fsp3) is 0.485. The van der Waals surface area contributed by atoms with E-state index in [0.717, 1.165) is 41.4 Å². The van der Waals surface area contributed by atoms with Crippen LogP contribution in [0.1, 0.15) is 62.7 Å². The molecule has 5 aliphatic rings. The molecule has 1 saturated carbocycles. The summed E-state index contributed by atoms with van der Waals surface area (Å²) in [5.41, 5.74) is 2.91. The van der Waals surface area contributed by atoms with E-state index >= 15 is 0 Å². The SMILES string of the molecule is CC(C)C1=C(C(=O)N2[C@H](CF)CC[C@H]2C(=O)N2CCNC3(CC3)C2)SC2=N[C@@H](c3ccc(Cl)cc3)[C@@H](c3ccc(Cl)cc3)N21. The molecule has 4 atom stereocenters. The molecule has 3 fully saturated rings. The molecule has 2 saturated heterocycles. The number of fused-ring (bicyclic) bond motifs is 1. The van der Waals surface area contributed by atoms with Crippen LogP contribution in [0.3, 0.4) is 0 Å². The zero-order valence-electron chi connectivity index (χ0n) is 24.8. The lowest BCUT2D eigenvalue weighted by atomic mass is 9.92.